The van der Waals surface area contributed by atoms with E-state index in [-0.39, 0.29) is 18.1 Å². The molecule has 3 aromatic carbocycles. The van der Waals surface area contributed by atoms with Gasteiger partial charge in [-0.3, -0.25) is 9.59 Å². The van der Waals surface area contributed by atoms with Gasteiger partial charge >= 0.3 is 0 Å². The van der Waals surface area contributed by atoms with Gasteiger partial charge in [0.25, 0.3) is 11.5 Å². The Morgan fingerprint density at radius 2 is 1.87 bits per heavy atom. The van der Waals surface area contributed by atoms with E-state index in [4.69, 9.17) is 14.5 Å². The van der Waals surface area contributed by atoms with E-state index in [1.54, 1.807) is 17.2 Å². The molecule has 0 radical (unpaired) electrons. The zero-order valence-electron chi connectivity index (χ0n) is 21.6. The number of fused-ring (bicyclic) bond motifs is 2. The Kier molecular flexibility index (Phi) is 7.32. The average molecular weight is 577 g/mol. The summed E-state index contributed by atoms with van der Waals surface area (Å²) < 4.78 is 13.5. The number of rotatable bonds is 5. The van der Waals surface area contributed by atoms with E-state index in [2.05, 4.69) is 21.0 Å². The monoisotopic (exact) mass is 576 g/mol. The smallest absolute Gasteiger partial charge is 0.282 e. The minimum absolute atomic E-state index is 0.0973. The van der Waals surface area contributed by atoms with Gasteiger partial charge in [-0.2, -0.15) is 9.78 Å². The molecule has 0 bridgehead atoms. The zero-order valence-corrected chi connectivity index (χ0v) is 23.2. The molecule has 5 rings (SSSR count). The molecule has 0 atom stereocenters. The molecule has 8 nitrogen and oxygen atoms in total. The fraction of sp³-hybridized carbons (Fsp3) is 0.310. The van der Waals surface area contributed by atoms with Gasteiger partial charge in [0.15, 0.2) is 6.61 Å². The molecule has 2 heterocycles. The molecule has 1 saturated heterocycles. The van der Waals surface area contributed by atoms with Gasteiger partial charge in [0.2, 0.25) is 0 Å². The molecule has 1 aliphatic heterocycles. The summed E-state index contributed by atoms with van der Waals surface area (Å²) in [7, 11) is 0. The number of hydrogen-bond donors (Lipinski definition) is 0. The van der Waals surface area contributed by atoms with Crippen molar-refractivity contribution in [3.63, 3.8) is 0 Å². The Hall–Kier alpha value is -3.56. The second kappa shape index (κ2) is 10.7. The fourth-order valence-corrected chi connectivity index (χ4v) is 4.80. The second-order valence-electron chi connectivity index (χ2n) is 10.2. The van der Waals surface area contributed by atoms with E-state index in [0.29, 0.717) is 54.3 Å². The van der Waals surface area contributed by atoms with E-state index in [1.165, 1.54) is 4.68 Å². The molecule has 1 aromatic heterocycles. The molecule has 0 unspecified atom stereocenters. The third-order valence-corrected chi connectivity index (χ3v) is 6.92. The van der Waals surface area contributed by atoms with E-state index in [0.717, 1.165) is 15.2 Å². The van der Waals surface area contributed by atoms with E-state index >= 15 is 0 Å². The molecule has 9 heteroatoms. The minimum Gasteiger partial charge on any atom is -0.483 e. The maximum Gasteiger partial charge on any atom is 0.282 e. The normalized spacial score (nSPS) is 14.5. The summed E-state index contributed by atoms with van der Waals surface area (Å²) in [6.45, 7) is 8.05. The Bertz CT molecular complexity index is 1600. The van der Waals surface area contributed by atoms with E-state index < -0.39 is 5.41 Å². The largest absolute Gasteiger partial charge is 0.483 e. The lowest BCUT2D eigenvalue weighted by atomic mass is 9.95. The molecule has 0 spiro atoms. The van der Waals surface area contributed by atoms with Gasteiger partial charge in [-0.05, 0) is 35.0 Å². The van der Waals surface area contributed by atoms with Crippen molar-refractivity contribution < 1.29 is 14.3 Å². The van der Waals surface area contributed by atoms with Crippen molar-refractivity contribution in [2.45, 2.75) is 26.2 Å². The fourth-order valence-electron chi connectivity index (χ4n) is 4.43. The van der Waals surface area contributed by atoms with Crippen LogP contribution in [0.2, 0.25) is 0 Å². The minimum atomic E-state index is -0.444. The summed E-state index contributed by atoms with van der Waals surface area (Å²) in [4.78, 5) is 32.9. The third kappa shape index (κ3) is 5.35. The highest BCUT2D eigenvalue weighted by Crippen LogP contribution is 2.28. The van der Waals surface area contributed by atoms with Gasteiger partial charge in [0.05, 0.1) is 30.3 Å². The molecule has 4 aromatic rings. The number of carbonyl (C=O) groups excluding carboxylic acids is 1. The first-order valence-corrected chi connectivity index (χ1v) is 13.3. The van der Waals surface area contributed by atoms with Crippen LogP contribution in [0.1, 0.15) is 32.2 Å². The molecule has 1 amide bonds. The lowest BCUT2D eigenvalue weighted by molar-refractivity contribution is -0.137. The highest BCUT2D eigenvalue weighted by atomic mass is 79.9. The number of benzene rings is 3. The number of morpholine rings is 1. The predicted octanol–water partition coefficient (Wildman–Crippen LogP) is 4.73. The van der Waals surface area contributed by atoms with Crippen LogP contribution in [0.4, 0.5) is 0 Å². The van der Waals surface area contributed by atoms with Crippen LogP contribution >= 0.6 is 15.9 Å². The Balaban J connectivity index is 1.58. The number of nitrogens with zero attached hydrogens (tertiary/aromatic N) is 4. The molecular formula is C29H29BrN4O4. The Morgan fingerprint density at radius 3 is 2.63 bits per heavy atom. The first-order chi connectivity index (χ1) is 18.2. The summed E-state index contributed by atoms with van der Waals surface area (Å²) in [6.07, 6.45) is 1.62. The van der Waals surface area contributed by atoms with Gasteiger partial charge in [-0.1, -0.05) is 67.0 Å². The molecule has 196 valence electrons. The van der Waals surface area contributed by atoms with Crippen LogP contribution in [-0.2, 0) is 14.9 Å². The number of amides is 1. The highest BCUT2D eigenvalue weighted by molar-refractivity contribution is 9.10. The summed E-state index contributed by atoms with van der Waals surface area (Å²) >= 11 is 3.45. The zero-order chi connectivity index (χ0) is 26.9. The first kappa shape index (κ1) is 26.1. The SMILES string of the molecule is CC(C)(C)c1nc2ccc(Br)cc2c(=O)n1N=Cc1c(OCC(=O)N2CCOCC2)ccc2ccccc12. The van der Waals surface area contributed by atoms with Crippen LogP contribution < -0.4 is 10.3 Å². The molecule has 0 aliphatic carbocycles. The van der Waals surface area contributed by atoms with Crippen molar-refractivity contribution in [2.24, 2.45) is 5.10 Å². The topological polar surface area (TPSA) is 86.0 Å². The molecule has 0 N–H and O–H groups in total. The lowest BCUT2D eigenvalue weighted by Crippen LogP contribution is -2.43. The number of halogens is 1. The number of hydrogen-bond acceptors (Lipinski definition) is 6. The van der Waals surface area contributed by atoms with Crippen LogP contribution in [0.25, 0.3) is 21.7 Å². The average Bonchev–Trinajstić information content (AvgIpc) is 2.91. The van der Waals surface area contributed by atoms with Crippen LogP contribution in [0.15, 0.2) is 69.0 Å². The van der Waals surface area contributed by atoms with Crippen LogP contribution in [-0.4, -0.2) is 59.6 Å². The van der Waals surface area contributed by atoms with Gasteiger partial charge < -0.3 is 14.4 Å². The maximum absolute atomic E-state index is 13.6. The van der Waals surface area contributed by atoms with Crippen LogP contribution in [0, 0.1) is 0 Å². The third-order valence-electron chi connectivity index (χ3n) is 6.43. The quantitative estimate of drug-likeness (QED) is 0.321. The van der Waals surface area contributed by atoms with Crippen molar-refractivity contribution in [2.75, 3.05) is 32.9 Å². The van der Waals surface area contributed by atoms with Crippen molar-refractivity contribution in [3.05, 3.63) is 80.8 Å². The number of aromatic nitrogens is 2. The van der Waals surface area contributed by atoms with Gasteiger partial charge in [0, 0.05) is 28.5 Å². The second-order valence-corrected chi connectivity index (χ2v) is 11.1. The number of ether oxygens (including phenoxy) is 2. The standard InChI is InChI=1S/C29H29BrN4O4/c1-29(2,3)28-32-24-10-9-20(30)16-22(24)27(36)34(28)31-17-23-21-7-5-4-6-19(21)8-11-25(23)38-18-26(35)33-12-14-37-15-13-33/h4-11,16-17H,12-15,18H2,1-3H3. The van der Waals surface area contributed by atoms with E-state index in [1.807, 2.05) is 69.3 Å². The van der Waals surface area contributed by atoms with Crippen molar-refractivity contribution in [1.82, 2.24) is 14.6 Å². The van der Waals surface area contributed by atoms with Gasteiger partial charge in [-0.15, -0.1) is 0 Å². The Labute approximate surface area is 229 Å². The summed E-state index contributed by atoms with van der Waals surface area (Å²) in [5.74, 6) is 0.953. The van der Waals surface area contributed by atoms with Crippen LogP contribution in [0.5, 0.6) is 5.75 Å². The van der Waals surface area contributed by atoms with Gasteiger partial charge in [0.1, 0.15) is 11.6 Å². The van der Waals surface area contributed by atoms with Crippen molar-refractivity contribution in [1.29, 1.82) is 0 Å². The molecule has 1 aliphatic rings. The van der Waals surface area contributed by atoms with Crippen molar-refractivity contribution in [3.8, 4) is 5.75 Å². The Morgan fingerprint density at radius 1 is 1.11 bits per heavy atom. The summed E-state index contributed by atoms with van der Waals surface area (Å²) in [5, 5.41) is 7.02. The maximum atomic E-state index is 13.6. The summed E-state index contributed by atoms with van der Waals surface area (Å²) in [6, 6.07) is 17.1. The molecule has 38 heavy (non-hydrogen) atoms. The lowest BCUT2D eigenvalue weighted by Gasteiger charge is -2.26. The number of carbonyl (C=O) groups is 1. The van der Waals surface area contributed by atoms with E-state index in [9.17, 15) is 9.59 Å². The van der Waals surface area contributed by atoms with Gasteiger partial charge in [-0.25, -0.2) is 4.98 Å². The predicted molar refractivity (Wildman–Crippen MR) is 152 cm³/mol. The molecule has 0 saturated carbocycles. The molecular weight excluding hydrogens is 548 g/mol. The van der Waals surface area contributed by atoms with Crippen LogP contribution in [0.3, 0.4) is 0 Å². The summed E-state index contributed by atoms with van der Waals surface area (Å²) in [5.41, 5.74) is 0.590. The first-order valence-electron chi connectivity index (χ1n) is 12.5. The highest BCUT2D eigenvalue weighted by Gasteiger charge is 2.23. The van der Waals surface area contributed by atoms with Crippen molar-refractivity contribution >= 4 is 49.7 Å². The molecule has 1 fully saturated rings.